The van der Waals surface area contributed by atoms with Crippen LogP contribution in [0.2, 0.25) is 0 Å². The van der Waals surface area contributed by atoms with Crippen LogP contribution in [0.4, 0.5) is 4.39 Å². The Morgan fingerprint density at radius 3 is 2.07 bits per heavy atom. The summed E-state index contributed by atoms with van der Waals surface area (Å²) in [6.45, 7) is 0. The van der Waals surface area contributed by atoms with Crippen LogP contribution in [-0.4, -0.2) is 52.9 Å². The monoisotopic (exact) mass is 597 g/mol. The first kappa shape index (κ1) is 27.0. The van der Waals surface area contributed by atoms with E-state index in [1.165, 1.54) is 6.07 Å². The number of nitrogens with zero attached hydrogens (tertiary/aromatic N) is 4. The second-order valence-corrected chi connectivity index (χ2v) is 11.5. The molecule has 1 saturated carbocycles. The zero-order valence-electron chi connectivity index (χ0n) is 23.6. The summed E-state index contributed by atoms with van der Waals surface area (Å²) in [6.07, 6.45) is 4.59. The van der Waals surface area contributed by atoms with Gasteiger partial charge < -0.3 is 10.2 Å². The fourth-order valence-electron chi connectivity index (χ4n) is 6.70. The number of amides is 2. The number of rotatable bonds is 5. The number of benzene rings is 3. The maximum atomic E-state index is 15.3. The van der Waals surface area contributed by atoms with Crippen LogP contribution < -0.4 is 0 Å². The smallest absolute Gasteiger partial charge is 0.262 e. The maximum Gasteiger partial charge on any atom is 0.262 e. The first-order valence-electron chi connectivity index (χ1n) is 14.3. The van der Waals surface area contributed by atoms with Crippen LogP contribution in [0, 0.1) is 5.82 Å². The number of halogens is 1. The minimum atomic E-state index is -2.04. The van der Waals surface area contributed by atoms with Crippen molar-refractivity contribution in [1.29, 1.82) is 0 Å². The van der Waals surface area contributed by atoms with Gasteiger partial charge in [-0.1, -0.05) is 54.6 Å². The molecule has 0 atom stereocenters. The number of aromatic amines is 1. The van der Waals surface area contributed by atoms with E-state index in [0.29, 0.717) is 39.2 Å². The lowest BCUT2D eigenvalue weighted by molar-refractivity contribution is -0.263. The lowest BCUT2D eigenvalue weighted by Gasteiger charge is -2.54. The molecule has 2 amide bonds. The molecule has 0 spiro atoms. The molecule has 8 rings (SSSR count). The molecule has 3 aromatic carbocycles. The number of aromatic nitrogens is 4. The van der Waals surface area contributed by atoms with Crippen LogP contribution in [0.5, 0.6) is 0 Å². The Hall–Kier alpha value is -5.58. The summed E-state index contributed by atoms with van der Waals surface area (Å²) in [7, 11) is 0. The van der Waals surface area contributed by atoms with Crippen molar-refractivity contribution in [3.63, 3.8) is 0 Å². The van der Waals surface area contributed by atoms with Crippen molar-refractivity contribution >= 4 is 22.7 Å². The van der Waals surface area contributed by atoms with Crippen LogP contribution in [0.25, 0.3) is 44.5 Å². The lowest BCUT2D eigenvalue weighted by Crippen LogP contribution is -2.64. The van der Waals surface area contributed by atoms with Gasteiger partial charge in [0.25, 0.3) is 11.8 Å². The summed E-state index contributed by atoms with van der Waals surface area (Å²) in [5.41, 5.74) is 4.03. The van der Waals surface area contributed by atoms with Gasteiger partial charge in [-0.3, -0.25) is 24.6 Å². The van der Waals surface area contributed by atoms with E-state index in [2.05, 4.69) is 15.2 Å². The van der Waals surface area contributed by atoms with Gasteiger partial charge in [0.2, 0.25) is 0 Å². The van der Waals surface area contributed by atoms with Gasteiger partial charge in [-0.25, -0.2) is 9.37 Å². The third-order valence-corrected chi connectivity index (χ3v) is 8.75. The van der Waals surface area contributed by atoms with Gasteiger partial charge in [0.05, 0.1) is 39.8 Å². The van der Waals surface area contributed by atoms with E-state index >= 15 is 4.39 Å². The Kier molecular flexibility index (Phi) is 5.83. The molecule has 10 heteroatoms. The van der Waals surface area contributed by atoms with Crippen molar-refractivity contribution in [3.8, 4) is 33.6 Å². The van der Waals surface area contributed by atoms with Crippen molar-refractivity contribution in [3.05, 3.63) is 126 Å². The second-order valence-electron chi connectivity index (χ2n) is 11.5. The molecule has 3 N–H and O–H groups in total. The SMILES string of the molecule is O=C1c2ccccc2C(=O)N1C1(c2ccc(-c3nc4ccnc(-c5cn[nH]c5)c4cc3-c3ccccc3F)cc2)CC(O)(O)C1. The molecular weight excluding hydrogens is 573 g/mol. The zero-order chi connectivity index (χ0) is 30.9. The van der Waals surface area contributed by atoms with E-state index in [1.807, 2.05) is 6.07 Å². The summed E-state index contributed by atoms with van der Waals surface area (Å²) < 4.78 is 15.3. The van der Waals surface area contributed by atoms with Crippen LogP contribution in [0.3, 0.4) is 0 Å². The standard InChI is InChI=1S/C35H24FN5O4/c36-28-8-4-3-5-23(28)26-15-27-29(13-14-37-30(27)21-16-38-39-17-21)40-31(26)20-9-11-22(12-10-20)34(18-35(44,45)19-34)41-32(42)24-6-1-2-7-25(24)33(41)43/h1-17,44-45H,18-19H2,(H,38,39). The van der Waals surface area contributed by atoms with E-state index in [9.17, 15) is 19.8 Å². The molecule has 1 aliphatic carbocycles. The number of imide groups is 1. The maximum absolute atomic E-state index is 15.3. The Balaban J connectivity index is 1.26. The number of carbonyl (C=O) groups excluding carboxylic acids is 2. The number of carbonyl (C=O) groups is 2. The van der Waals surface area contributed by atoms with E-state index < -0.39 is 29.0 Å². The fraction of sp³-hybridized carbons (Fsp3) is 0.114. The van der Waals surface area contributed by atoms with E-state index in [4.69, 9.17) is 4.98 Å². The summed E-state index contributed by atoms with van der Waals surface area (Å²) in [4.78, 5) is 37.6. The quantitative estimate of drug-likeness (QED) is 0.178. The van der Waals surface area contributed by atoms with Crippen LogP contribution in [0.15, 0.2) is 104 Å². The predicted octanol–water partition coefficient (Wildman–Crippen LogP) is 5.46. The molecule has 9 nitrogen and oxygen atoms in total. The highest BCUT2D eigenvalue weighted by molar-refractivity contribution is 6.22. The van der Waals surface area contributed by atoms with Crippen molar-refractivity contribution in [2.24, 2.45) is 0 Å². The largest absolute Gasteiger partial charge is 0.365 e. The Morgan fingerprint density at radius 2 is 1.44 bits per heavy atom. The number of hydrogen-bond donors (Lipinski definition) is 3. The van der Waals surface area contributed by atoms with Crippen molar-refractivity contribution in [2.45, 2.75) is 24.2 Å². The summed E-state index contributed by atoms with van der Waals surface area (Å²) >= 11 is 0. The van der Waals surface area contributed by atoms with Gasteiger partial charge in [0.15, 0.2) is 5.79 Å². The van der Waals surface area contributed by atoms with E-state index in [0.717, 1.165) is 15.8 Å². The van der Waals surface area contributed by atoms with Crippen LogP contribution in [-0.2, 0) is 5.54 Å². The van der Waals surface area contributed by atoms with Gasteiger partial charge >= 0.3 is 0 Å². The molecule has 3 aromatic heterocycles. The Labute approximate surface area is 255 Å². The first-order chi connectivity index (χ1) is 21.8. The van der Waals surface area contributed by atoms with Crippen molar-refractivity contribution < 1.29 is 24.2 Å². The number of H-pyrrole nitrogens is 1. The molecule has 1 aliphatic heterocycles. The number of hydrogen-bond acceptors (Lipinski definition) is 7. The third kappa shape index (κ3) is 4.10. The van der Waals surface area contributed by atoms with Crippen molar-refractivity contribution in [2.75, 3.05) is 0 Å². The number of pyridine rings is 2. The highest BCUT2D eigenvalue weighted by Crippen LogP contribution is 2.54. The number of nitrogens with one attached hydrogen (secondary N) is 1. The third-order valence-electron chi connectivity index (χ3n) is 8.75. The molecule has 0 unspecified atom stereocenters. The second kappa shape index (κ2) is 9.71. The molecule has 2 aliphatic rings. The Bertz CT molecular complexity index is 2120. The predicted molar refractivity (Wildman–Crippen MR) is 163 cm³/mol. The molecule has 220 valence electrons. The Morgan fingerprint density at radius 1 is 0.778 bits per heavy atom. The van der Waals surface area contributed by atoms with E-state index in [-0.39, 0.29) is 24.0 Å². The normalized spacial score (nSPS) is 16.6. The van der Waals surface area contributed by atoms with Gasteiger partial charge in [0.1, 0.15) is 5.82 Å². The molecule has 45 heavy (non-hydrogen) atoms. The van der Waals surface area contributed by atoms with Gasteiger partial charge in [-0.2, -0.15) is 5.10 Å². The molecule has 6 aromatic rings. The summed E-state index contributed by atoms with van der Waals surface area (Å²) in [5, 5.41) is 28.4. The molecule has 4 heterocycles. The fourth-order valence-corrected chi connectivity index (χ4v) is 6.70. The van der Waals surface area contributed by atoms with Gasteiger partial charge in [-0.15, -0.1) is 0 Å². The molecule has 0 bridgehead atoms. The number of fused-ring (bicyclic) bond motifs is 2. The highest BCUT2D eigenvalue weighted by Gasteiger charge is 2.62. The molecule has 0 radical (unpaired) electrons. The molecule has 1 fully saturated rings. The van der Waals surface area contributed by atoms with Crippen molar-refractivity contribution in [1.82, 2.24) is 25.1 Å². The lowest BCUT2D eigenvalue weighted by atomic mass is 9.66. The van der Waals surface area contributed by atoms with Crippen LogP contribution >= 0.6 is 0 Å². The average Bonchev–Trinajstić information content (AvgIpc) is 3.66. The summed E-state index contributed by atoms with van der Waals surface area (Å²) in [5.74, 6) is -3.40. The zero-order valence-corrected chi connectivity index (χ0v) is 23.6. The molecular formula is C35H24FN5O4. The van der Waals surface area contributed by atoms with E-state index in [1.54, 1.807) is 91.4 Å². The first-order valence-corrected chi connectivity index (χ1v) is 14.3. The topological polar surface area (TPSA) is 132 Å². The molecule has 0 saturated heterocycles. The number of aliphatic hydroxyl groups is 2. The minimum absolute atomic E-state index is 0.233. The average molecular weight is 598 g/mol. The highest BCUT2D eigenvalue weighted by atomic mass is 19.1. The van der Waals surface area contributed by atoms with Gasteiger partial charge in [0, 0.05) is 52.9 Å². The summed E-state index contributed by atoms with van der Waals surface area (Å²) in [6, 6.07) is 23.8. The van der Waals surface area contributed by atoms with Gasteiger partial charge in [-0.05, 0) is 35.9 Å². The van der Waals surface area contributed by atoms with Crippen LogP contribution in [0.1, 0.15) is 39.1 Å². The minimum Gasteiger partial charge on any atom is -0.365 e.